The van der Waals surface area contributed by atoms with E-state index < -0.39 is 0 Å². The third-order valence-electron chi connectivity index (χ3n) is 2.58. The van der Waals surface area contributed by atoms with E-state index in [2.05, 4.69) is 25.6 Å². The molecular formula is C12H9N5O. The lowest BCUT2D eigenvalue weighted by Crippen LogP contribution is -2.10. The summed E-state index contributed by atoms with van der Waals surface area (Å²) >= 11 is 0. The average Bonchev–Trinajstić information content (AvgIpc) is 2.93. The number of rotatable bonds is 2. The van der Waals surface area contributed by atoms with E-state index in [0.717, 1.165) is 11.3 Å². The average molecular weight is 239 g/mol. The Morgan fingerprint density at radius 2 is 1.83 bits per heavy atom. The number of pyridine rings is 1. The predicted octanol–water partition coefficient (Wildman–Crippen LogP) is 1.22. The molecule has 0 amide bonds. The Bertz CT molecular complexity index is 703. The smallest absolute Gasteiger partial charge is 0.259 e. The Balaban J connectivity index is 2.08. The van der Waals surface area contributed by atoms with Crippen molar-refractivity contribution in [3.63, 3.8) is 0 Å². The minimum Gasteiger partial charge on any atom is -0.321 e. The zero-order valence-electron chi connectivity index (χ0n) is 9.29. The molecule has 6 heteroatoms. The maximum atomic E-state index is 11.9. The summed E-state index contributed by atoms with van der Waals surface area (Å²) in [5.74, 6) is 0.288. The second-order valence-electron chi connectivity index (χ2n) is 3.72. The summed E-state index contributed by atoms with van der Waals surface area (Å²) < 4.78 is 0. The van der Waals surface area contributed by atoms with E-state index >= 15 is 0 Å². The number of hydrogen-bond acceptors (Lipinski definition) is 4. The van der Waals surface area contributed by atoms with Crippen molar-refractivity contribution in [3.8, 4) is 22.6 Å². The van der Waals surface area contributed by atoms with E-state index in [1.165, 1.54) is 0 Å². The van der Waals surface area contributed by atoms with Crippen molar-refractivity contribution < 1.29 is 0 Å². The van der Waals surface area contributed by atoms with Crippen LogP contribution >= 0.6 is 0 Å². The first kappa shape index (κ1) is 10.4. The van der Waals surface area contributed by atoms with Gasteiger partial charge < -0.3 is 4.98 Å². The molecule has 0 saturated carbocycles. The summed E-state index contributed by atoms with van der Waals surface area (Å²) in [6.07, 6.45) is 0. The molecule has 0 atom stereocenters. The lowest BCUT2D eigenvalue weighted by atomic mass is 10.1. The molecule has 6 nitrogen and oxygen atoms in total. The van der Waals surface area contributed by atoms with Gasteiger partial charge in [-0.05, 0) is 22.9 Å². The Morgan fingerprint density at radius 3 is 2.50 bits per heavy atom. The fraction of sp³-hybridized carbons (Fsp3) is 0. The van der Waals surface area contributed by atoms with Crippen LogP contribution in [0.15, 0.2) is 47.3 Å². The van der Waals surface area contributed by atoms with Gasteiger partial charge in [0.2, 0.25) is 5.82 Å². The summed E-state index contributed by atoms with van der Waals surface area (Å²) in [4.78, 5) is 14.7. The van der Waals surface area contributed by atoms with Gasteiger partial charge in [-0.15, -0.1) is 10.2 Å². The van der Waals surface area contributed by atoms with Crippen LogP contribution < -0.4 is 5.56 Å². The molecule has 0 spiro atoms. The second-order valence-corrected chi connectivity index (χ2v) is 3.72. The van der Waals surface area contributed by atoms with Crippen LogP contribution in [0.1, 0.15) is 0 Å². The molecule has 0 unspecified atom stereocenters. The lowest BCUT2D eigenvalue weighted by molar-refractivity contribution is 0.881. The molecule has 3 aromatic rings. The molecule has 0 aliphatic heterocycles. The van der Waals surface area contributed by atoms with Gasteiger partial charge in [0, 0.05) is 5.69 Å². The van der Waals surface area contributed by atoms with Gasteiger partial charge in [0.1, 0.15) is 0 Å². The molecule has 0 fully saturated rings. The van der Waals surface area contributed by atoms with Crippen molar-refractivity contribution in [2.45, 2.75) is 0 Å². The third kappa shape index (κ3) is 1.80. The maximum absolute atomic E-state index is 11.9. The molecule has 2 aromatic heterocycles. The van der Waals surface area contributed by atoms with Crippen molar-refractivity contribution in [2.24, 2.45) is 0 Å². The number of tetrazole rings is 1. The number of benzene rings is 1. The Labute approximate surface area is 102 Å². The van der Waals surface area contributed by atoms with Crippen LogP contribution in [0.25, 0.3) is 22.6 Å². The number of aromatic nitrogens is 5. The van der Waals surface area contributed by atoms with E-state index in [1.54, 1.807) is 6.07 Å². The zero-order chi connectivity index (χ0) is 12.4. The van der Waals surface area contributed by atoms with Gasteiger partial charge in [-0.3, -0.25) is 4.79 Å². The largest absolute Gasteiger partial charge is 0.321 e. The van der Waals surface area contributed by atoms with Crippen molar-refractivity contribution >= 4 is 0 Å². The first-order valence-electron chi connectivity index (χ1n) is 5.37. The molecular weight excluding hydrogens is 230 g/mol. The Morgan fingerprint density at radius 1 is 1.00 bits per heavy atom. The standard InChI is InChI=1S/C12H9N5O/c18-12-9(11-14-16-17-15-11)6-7-10(13-12)8-4-2-1-3-5-8/h1-7H,(H,13,18)(H,14,15,16,17). The number of hydrogen-bond donors (Lipinski definition) is 2. The molecule has 0 aliphatic rings. The minimum atomic E-state index is -0.238. The first-order chi connectivity index (χ1) is 8.84. The molecule has 0 bridgehead atoms. The Hall–Kier alpha value is -2.76. The van der Waals surface area contributed by atoms with E-state index in [0.29, 0.717) is 5.56 Å². The third-order valence-corrected chi connectivity index (χ3v) is 2.58. The van der Waals surface area contributed by atoms with Gasteiger partial charge in [-0.2, -0.15) is 5.21 Å². The minimum absolute atomic E-state index is 0.238. The van der Waals surface area contributed by atoms with E-state index in [1.807, 2.05) is 36.4 Å². The molecule has 2 N–H and O–H groups in total. The van der Waals surface area contributed by atoms with Crippen molar-refractivity contribution in [1.82, 2.24) is 25.6 Å². The topological polar surface area (TPSA) is 87.3 Å². The summed E-state index contributed by atoms with van der Waals surface area (Å²) in [5.41, 5.74) is 1.86. The molecule has 1 aromatic carbocycles. The van der Waals surface area contributed by atoms with Crippen LogP contribution in [0, 0.1) is 0 Å². The highest BCUT2D eigenvalue weighted by molar-refractivity contribution is 5.62. The van der Waals surface area contributed by atoms with Gasteiger partial charge >= 0.3 is 0 Å². The lowest BCUT2D eigenvalue weighted by Gasteiger charge is -2.01. The molecule has 3 rings (SSSR count). The second kappa shape index (κ2) is 4.25. The summed E-state index contributed by atoms with van der Waals surface area (Å²) in [5, 5.41) is 13.3. The summed E-state index contributed by atoms with van der Waals surface area (Å²) in [6.45, 7) is 0. The maximum Gasteiger partial charge on any atom is 0.259 e. The van der Waals surface area contributed by atoms with E-state index in [9.17, 15) is 4.79 Å². The summed E-state index contributed by atoms with van der Waals surface area (Å²) in [7, 11) is 0. The van der Waals surface area contributed by atoms with Gasteiger partial charge in [0.15, 0.2) is 0 Å². The Kier molecular flexibility index (Phi) is 2.45. The van der Waals surface area contributed by atoms with Crippen LogP contribution in [-0.4, -0.2) is 25.6 Å². The van der Waals surface area contributed by atoms with Crippen molar-refractivity contribution in [1.29, 1.82) is 0 Å². The van der Waals surface area contributed by atoms with Gasteiger partial charge in [-0.1, -0.05) is 30.3 Å². The molecule has 0 aliphatic carbocycles. The van der Waals surface area contributed by atoms with Crippen LogP contribution in [-0.2, 0) is 0 Å². The van der Waals surface area contributed by atoms with Gasteiger partial charge in [-0.25, -0.2) is 0 Å². The first-order valence-corrected chi connectivity index (χ1v) is 5.37. The SMILES string of the molecule is O=c1[nH]c(-c2ccccc2)ccc1-c1nn[nH]n1. The quantitative estimate of drug-likeness (QED) is 0.703. The van der Waals surface area contributed by atoms with Gasteiger partial charge in [0.25, 0.3) is 5.56 Å². The van der Waals surface area contributed by atoms with E-state index in [4.69, 9.17) is 0 Å². The molecule has 0 radical (unpaired) electrons. The molecule has 0 saturated heterocycles. The highest BCUT2D eigenvalue weighted by Crippen LogP contribution is 2.16. The van der Waals surface area contributed by atoms with E-state index in [-0.39, 0.29) is 11.4 Å². The molecule has 18 heavy (non-hydrogen) atoms. The van der Waals surface area contributed by atoms with Crippen LogP contribution in [0.4, 0.5) is 0 Å². The number of aromatic amines is 2. The number of nitrogens with zero attached hydrogens (tertiary/aromatic N) is 3. The fourth-order valence-corrected chi connectivity index (χ4v) is 1.71. The number of nitrogens with one attached hydrogen (secondary N) is 2. The zero-order valence-corrected chi connectivity index (χ0v) is 9.29. The van der Waals surface area contributed by atoms with Crippen molar-refractivity contribution in [3.05, 3.63) is 52.8 Å². The highest BCUT2D eigenvalue weighted by Gasteiger charge is 2.08. The summed E-state index contributed by atoms with van der Waals surface area (Å²) in [6, 6.07) is 13.1. The predicted molar refractivity (Wildman–Crippen MR) is 65.7 cm³/mol. The van der Waals surface area contributed by atoms with Crippen LogP contribution in [0.3, 0.4) is 0 Å². The fourth-order valence-electron chi connectivity index (χ4n) is 1.71. The molecule has 2 heterocycles. The normalized spacial score (nSPS) is 10.4. The van der Waals surface area contributed by atoms with Crippen LogP contribution in [0.2, 0.25) is 0 Å². The monoisotopic (exact) mass is 239 g/mol. The van der Waals surface area contributed by atoms with Gasteiger partial charge in [0.05, 0.1) is 5.56 Å². The highest BCUT2D eigenvalue weighted by atomic mass is 16.1. The number of H-pyrrole nitrogens is 2. The van der Waals surface area contributed by atoms with Crippen molar-refractivity contribution in [2.75, 3.05) is 0 Å². The van der Waals surface area contributed by atoms with Crippen LogP contribution in [0.5, 0.6) is 0 Å². The molecule has 88 valence electrons.